The molecule has 7 nitrogen and oxygen atoms in total. The molecule has 2 bridgehead atoms. The minimum atomic E-state index is -0.345. The molecule has 6 rings (SSSR count). The summed E-state index contributed by atoms with van der Waals surface area (Å²) >= 11 is 0. The van der Waals surface area contributed by atoms with Gasteiger partial charge in [-0.2, -0.15) is 0 Å². The summed E-state index contributed by atoms with van der Waals surface area (Å²) in [6.07, 6.45) is 6.72. The zero-order valence-electron chi connectivity index (χ0n) is 17.8. The average molecular weight is 439 g/mol. The van der Waals surface area contributed by atoms with Gasteiger partial charge in [-0.3, -0.25) is 14.3 Å². The van der Waals surface area contributed by atoms with E-state index in [0.717, 1.165) is 22.9 Å². The quantitative estimate of drug-likeness (QED) is 0.396. The van der Waals surface area contributed by atoms with Gasteiger partial charge in [0.05, 0.1) is 29.6 Å². The fourth-order valence-electron chi connectivity index (χ4n) is 5.09. The van der Waals surface area contributed by atoms with Crippen LogP contribution in [0.4, 0.5) is 5.69 Å². The van der Waals surface area contributed by atoms with E-state index in [1.54, 1.807) is 30.5 Å². The van der Waals surface area contributed by atoms with E-state index >= 15 is 0 Å². The monoisotopic (exact) mass is 439 g/mol. The number of fused-ring (bicyclic) bond motifs is 6. The van der Waals surface area contributed by atoms with E-state index in [-0.39, 0.29) is 29.5 Å². The Kier molecular flexibility index (Phi) is 4.20. The van der Waals surface area contributed by atoms with Crippen molar-refractivity contribution in [1.82, 2.24) is 9.55 Å². The van der Waals surface area contributed by atoms with Gasteiger partial charge >= 0.3 is 0 Å². The van der Waals surface area contributed by atoms with Crippen molar-refractivity contribution in [1.29, 1.82) is 0 Å². The van der Waals surface area contributed by atoms with Crippen LogP contribution in [-0.4, -0.2) is 32.8 Å². The van der Waals surface area contributed by atoms with Gasteiger partial charge in [0.25, 0.3) is 5.91 Å². The molecule has 0 radical (unpaired) electrons. The summed E-state index contributed by atoms with van der Waals surface area (Å²) in [5.74, 6) is 0.284. The summed E-state index contributed by atoms with van der Waals surface area (Å²) in [5, 5.41) is 25.6. The second-order valence-corrected chi connectivity index (χ2v) is 8.36. The number of methoxy groups -OCH3 is 1. The van der Waals surface area contributed by atoms with Crippen molar-refractivity contribution in [2.75, 3.05) is 12.4 Å². The topological polar surface area (TPSA) is 96.6 Å². The highest BCUT2D eigenvalue weighted by atomic mass is 16.5. The van der Waals surface area contributed by atoms with Crippen LogP contribution in [0.2, 0.25) is 0 Å². The maximum Gasteiger partial charge on any atom is 0.259 e. The van der Waals surface area contributed by atoms with Crippen molar-refractivity contribution < 1.29 is 19.7 Å². The van der Waals surface area contributed by atoms with Gasteiger partial charge in [0.2, 0.25) is 11.8 Å². The molecule has 0 fully saturated rings. The van der Waals surface area contributed by atoms with E-state index in [1.165, 1.54) is 11.7 Å². The largest absolute Gasteiger partial charge is 0.496 e. The number of pyridine rings is 1. The molecule has 2 aromatic carbocycles. The van der Waals surface area contributed by atoms with Crippen molar-refractivity contribution in [2.24, 2.45) is 0 Å². The molecule has 7 heteroatoms. The summed E-state index contributed by atoms with van der Waals surface area (Å²) in [5.41, 5.74) is 3.70. The standard InChI is InChI=1S/C26H21N3O4/c1-33-20-13-17(29-25(31)21-15-7-8-16(12-15)22(21)26(29)32)9-10-18(20)24(30)28-19-6-2-4-14-5-3-11-27-23(14)19/h2-11,13,15-16,31-32H,12H2,1H3,(H,28,30)/t15-,16+. The number of nitrogens with one attached hydrogen (secondary N) is 1. The average Bonchev–Trinajstić information content (AvgIpc) is 3.52. The number of allylic oxidation sites excluding steroid dienone is 2. The van der Waals surface area contributed by atoms with Crippen molar-refractivity contribution in [3.8, 4) is 23.2 Å². The number of hydrogen-bond donors (Lipinski definition) is 3. The number of aromatic hydroxyl groups is 2. The molecule has 4 aromatic rings. The Morgan fingerprint density at radius 1 is 1.06 bits per heavy atom. The van der Waals surface area contributed by atoms with Crippen LogP contribution in [0.15, 0.2) is 66.9 Å². The molecular formula is C26H21N3O4. The van der Waals surface area contributed by atoms with Crippen LogP contribution < -0.4 is 10.1 Å². The van der Waals surface area contributed by atoms with E-state index in [2.05, 4.69) is 22.5 Å². The number of para-hydroxylation sites is 1. The van der Waals surface area contributed by atoms with Crippen LogP contribution in [0.25, 0.3) is 16.6 Å². The number of ether oxygens (including phenoxy) is 1. The summed E-state index contributed by atoms with van der Waals surface area (Å²) in [7, 11) is 1.48. The number of anilines is 1. The molecule has 164 valence electrons. The first-order valence-corrected chi connectivity index (χ1v) is 10.7. The minimum Gasteiger partial charge on any atom is -0.496 e. The zero-order chi connectivity index (χ0) is 22.7. The van der Waals surface area contributed by atoms with Crippen LogP contribution in [0.1, 0.15) is 39.7 Å². The Labute approximate surface area is 189 Å². The third kappa shape index (κ3) is 2.82. The number of nitrogens with zero attached hydrogens (tertiary/aromatic N) is 2. The fourth-order valence-corrected chi connectivity index (χ4v) is 5.09. The Balaban J connectivity index is 1.36. The van der Waals surface area contributed by atoms with Crippen molar-refractivity contribution in [3.05, 3.63) is 83.6 Å². The molecule has 33 heavy (non-hydrogen) atoms. The first-order valence-electron chi connectivity index (χ1n) is 10.7. The number of carbonyl (C=O) groups is 1. The van der Waals surface area contributed by atoms with E-state index in [4.69, 9.17) is 4.74 Å². The molecule has 0 unspecified atom stereocenters. The van der Waals surface area contributed by atoms with Gasteiger partial charge in [-0.25, -0.2) is 0 Å². The maximum atomic E-state index is 13.1. The summed E-state index contributed by atoms with van der Waals surface area (Å²) in [4.78, 5) is 17.5. The van der Waals surface area contributed by atoms with Gasteiger partial charge in [0, 0.05) is 40.6 Å². The van der Waals surface area contributed by atoms with Gasteiger partial charge in [-0.05, 0) is 30.7 Å². The Morgan fingerprint density at radius 2 is 1.79 bits per heavy atom. The number of rotatable bonds is 4. The van der Waals surface area contributed by atoms with Gasteiger partial charge < -0.3 is 20.3 Å². The van der Waals surface area contributed by atoms with Crippen molar-refractivity contribution in [3.63, 3.8) is 0 Å². The number of aromatic nitrogens is 2. The predicted molar refractivity (Wildman–Crippen MR) is 125 cm³/mol. The Hall–Kier alpha value is -4.26. The lowest BCUT2D eigenvalue weighted by Crippen LogP contribution is -2.14. The maximum absolute atomic E-state index is 13.1. The van der Waals surface area contributed by atoms with E-state index < -0.39 is 0 Å². The number of amides is 1. The van der Waals surface area contributed by atoms with Crippen LogP contribution in [0.3, 0.4) is 0 Å². The number of benzene rings is 2. The first-order chi connectivity index (χ1) is 16.1. The van der Waals surface area contributed by atoms with Crippen molar-refractivity contribution in [2.45, 2.75) is 18.3 Å². The third-order valence-corrected chi connectivity index (χ3v) is 6.59. The second-order valence-electron chi connectivity index (χ2n) is 8.36. The molecule has 2 aliphatic carbocycles. The van der Waals surface area contributed by atoms with Gasteiger partial charge in [-0.1, -0.05) is 30.4 Å². The zero-order valence-corrected chi connectivity index (χ0v) is 17.8. The lowest BCUT2D eigenvalue weighted by molar-refractivity contribution is 0.102. The lowest BCUT2D eigenvalue weighted by Gasteiger charge is -2.14. The first kappa shape index (κ1) is 19.4. The predicted octanol–water partition coefficient (Wildman–Crippen LogP) is 4.84. The van der Waals surface area contributed by atoms with E-state index in [1.807, 2.05) is 24.3 Å². The molecule has 0 saturated carbocycles. The highest BCUT2D eigenvalue weighted by Crippen LogP contribution is 2.57. The molecule has 2 aliphatic rings. The van der Waals surface area contributed by atoms with Crippen LogP contribution in [0, 0.1) is 0 Å². The van der Waals surface area contributed by atoms with E-state index in [9.17, 15) is 15.0 Å². The highest BCUT2D eigenvalue weighted by molar-refractivity contribution is 6.09. The van der Waals surface area contributed by atoms with Gasteiger partial charge in [0.15, 0.2) is 0 Å². The second kappa shape index (κ2) is 7.13. The summed E-state index contributed by atoms with van der Waals surface area (Å²) in [6, 6.07) is 14.3. The number of hydrogen-bond acceptors (Lipinski definition) is 5. The molecule has 2 heterocycles. The molecule has 0 spiro atoms. The van der Waals surface area contributed by atoms with Gasteiger partial charge in [-0.15, -0.1) is 0 Å². The molecular weight excluding hydrogens is 418 g/mol. The Morgan fingerprint density at radius 3 is 2.52 bits per heavy atom. The smallest absolute Gasteiger partial charge is 0.259 e. The molecule has 0 saturated heterocycles. The molecule has 2 aromatic heterocycles. The van der Waals surface area contributed by atoms with Crippen LogP contribution in [-0.2, 0) is 0 Å². The van der Waals surface area contributed by atoms with Crippen LogP contribution in [0.5, 0.6) is 17.5 Å². The summed E-state index contributed by atoms with van der Waals surface area (Å²) < 4.78 is 6.91. The SMILES string of the molecule is COc1cc(-n2c(O)c3c(c2O)[C@H]2C=C[C@@H]3C2)ccc1C(=O)Nc1cccc2cccnc12. The van der Waals surface area contributed by atoms with Crippen molar-refractivity contribution >= 4 is 22.5 Å². The Bertz CT molecular complexity index is 1430. The molecule has 3 N–H and O–H groups in total. The molecule has 0 aliphatic heterocycles. The number of carbonyl (C=O) groups excluding carboxylic acids is 1. The normalized spacial score (nSPS) is 18.0. The fraction of sp³-hybridized carbons (Fsp3) is 0.154. The van der Waals surface area contributed by atoms with E-state index in [0.29, 0.717) is 28.2 Å². The minimum absolute atomic E-state index is 0.0282. The van der Waals surface area contributed by atoms with Crippen LogP contribution >= 0.6 is 0 Å². The highest BCUT2D eigenvalue weighted by Gasteiger charge is 2.41. The molecule has 1 amide bonds. The lowest BCUT2D eigenvalue weighted by atomic mass is 10.0. The third-order valence-electron chi connectivity index (χ3n) is 6.59. The molecule has 2 atom stereocenters. The summed E-state index contributed by atoms with van der Waals surface area (Å²) in [6.45, 7) is 0. The van der Waals surface area contributed by atoms with Gasteiger partial charge in [0.1, 0.15) is 5.75 Å².